The van der Waals surface area contributed by atoms with Gasteiger partial charge in [-0.25, -0.2) is 8.42 Å². The molecule has 0 atom stereocenters. The molecule has 0 fully saturated rings. The van der Waals surface area contributed by atoms with Crippen LogP contribution in [0.2, 0.25) is 0 Å². The van der Waals surface area contributed by atoms with Crippen molar-refractivity contribution in [3.05, 3.63) is 29.8 Å². The van der Waals surface area contributed by atoms with Crippen molar-refractivity contribution in [2.75, 3.05) is 31.2 Å². The molecule has 0 spiro atoms. The zero-order valence-corrected chi connectivity index (χ0v) is 14.4. The van der Waals surface area contributed by atoms with Gasteiger partial charge < -0.3 is 4.90 Å². The van der Waals surface area contributed by atoms with Crippen LogP contribution in [0.4, 0.5) is 5.69 Å². The van der Waals surface area contributed by atoms with E-state index in [-0.39, 0.29) is 17.9 Å². The Balaban J connectivity index is 3.14. The highest BCUT2D eigenvalue weighted by Gasteiger charge is 2.22. The zero-order chi connectivity index (χ0) is 16.4. The fourth-order valence-corrected chi connectivity index (χ4v) is 2.64. The second kappa shape index (κ2) is 6.05. The van der Waals surface area contributed by atoms with Crippen molar-refractivity contribution in [2.24, 2.45) is 0 Å². The quantitative estimate of drug-likeness (QED) is 0.852. The summed E-state index contributed by atoms with van der Waals surface area (Å²) in [5.74, 6) is -0.264. The van der Waals surface area contributed by atoms with Crippen molar-refractivity contribution in [3.8, 4) is 0 Å². The SMILES string of the molecule is CN(C)C(=O)CN(c1ccc(C(C)(C)C)cc1)S(C)(=O)=O. The van der Waals surface area contributed by atoms with Crippen molar-refractivity contribution >= 4 is 21.6 Å². The lowest BCUT2D eigenvalue weighted by Gasteiger charge is -2.25. The normalized spacial score (nSPS) is 12.1. The summed E-state index contributed by atoms with van der Waals surface area (Å²) < 4.78 is 25.0. The molecule has 0 unspecified atom stereocenters. The zero-order valence-electron chi connectivity index (χ0n) is 13.5. The molecule has 0 aliphatic heterocycles. The molecule has 0 aliphatic carbocycles. The number of carbonyl (C=O) groups excluding carboxylic acids is 1. The largest absolute Gasteiger partial charge is 0.347 e. The van der Waals surface area contributed by atoms with Gasteiger partial charge in [0.1, 0.15) is 6.54 Å². The van der Waals surface area contributed by atoms with Gasteiger partial charge in [-0.15, -0.1) is 0 Å². The maximum atomic E-state index is 11.9. The minimum Gasteiger partial charge on any atom is -0.347 e. The summed E-state index contributed by atoms with van der Waals surface area (Å²) in [6.07, 6.45) is 1.10. The fourth-order valence-electron chi connectivity index (χ4n) is 1.79. The van der Waals surface area contributed by atoms with E-state index in [0.29, 0.717) is 5.69 Å². The smallest absolute Gasteiger partial charge is 0.242 e. The first kappa shape index (κ1) is 17.5. The van der Waals surface area contributed by atoms with Crippen molar-refractivity contribution in [2.45, 2.75) is 26.2 Å². The van der Waals surface area contributed by atoms with Gasteiger partial charge in [-0.2, -0.15) is 0 Å². The van der Waals surface area contributed by atoms with Crippen LogP contribution >= 0.6 is 0 Å². The molecule has 0 bridgehead atoms. The van der Waals surface area contributed by atoms with E-state index < -0.39 is 10.0 Å². The molecule has 0 saturated heterocycles. The van der Waals surface area contributed by atoms with Gasteiger partial charge in [0.25, 0.3) is 0 Å². The summed E-state index contributed by atoms with van der Waals surface area (Å²) in [7, 11) is -0.304. The molecule has 1 amide bonds. The lowest BCUT2D eigenvalue weighted by molar-refractivity contribution is -0.127. The summed E-state index contributed by atoms with van der Waals surface area (Å²) in [6.45, 7) is 6.07. The van der Waals surface area contributed by atoms with E-state index in [1.54, 1.807) is 26.2 Å². The van der Waals surface area contributed by atoms with Gasteiger partial charge in [0.15, 0.2) is 0 Å². The van der Waals surface area contributed by atoms with E-state index in [4.69, 9.17) is 0 Å². The van der Waals surface area contributed by atoms with Gasteiger partial charge in [0.2, 0.25) is 15.9 Å². The average molecular weight is 312 g/mol. The Labute approximate surface area is 127 Å². The van der Waals surface area contributed by atoms with E-state index in [1.807, 2.05) is 12.1 Å². The van der Waals surface area contributed by atoms with Crippen LogP contribution in [0.25, 0.3) is 0 Å². The average Bonchev–Trinajstić information content (AvgIpc) is 2.33. The van der Waals surface area contributed by atoms with Gasteiger partial charge in [-0.3, -0.25) is 9.10 Å². The highest BCUT2D eigenvalue weighted by molar-refractivity contribution is 7.92. The predicted molar refractivity (Wildman–Crippen MR) is 86.0 cm³/mol. The van der Waals surface area contributed by atoms with Crippen LogP contribution in [-0.4, -0.2) is 46.1 Å². The summed E-state index contributed by atoms with van der Waals surface area (Å²) >= 11 is 0. The molecule has 21 heavy (non-hydrogen) atoms. The standard InChI is InChI=1S/C15H24N2O3S/c1-15(2,3)12-7-9-13(10-8-12)17(21(6,19)20)11-14(18)16(4)5/h7-10H,11H2,1-6H3. The molecule has 0 heterocycles. The maximum absolute atomic E-state index is 11.9. The van der Waals surface area contributed by atoms with Crippen LogP contribution in [-0.2, 0) is 20.2 Å². The minimum atomic E-state index is -3.51. The van der Waals surface area contributed by atoms with Crippen molar-refractivity contribution in [1.82, 2.24) is 4.90 Å². The summed E-state index contributed by atoms with van der Waals surface area (Å²) in [6, 6.07) is 7.27. The number of sulfonamides is 1. The second-order valence-corrected chi connectivity index (χ2v) is 8.26. The lowest BCUT2D eigenvalue weighted by atomic mass is 9.87. The molecular formula is C15H24N2O3S. The number of likely N-dealkylation sites (N-methyl/N-ethyl adjacent to an activating group) is 1. The molecule has 5 nitrogen and oxygen atoms in total. The number of hydrogen-bond acceptors (Lipinski definition) is 3. The Morgan fingerprint density at radius 2 is 1.57 bits per heavy atom. The minimum absolute atomic E-state index is 0.00605. The number of benzene rings is 1. The monoisotopic (exact) mass is 312 g/mol. The molecule has 0 N–H and O–H groups in total. The second-order valence-electron chi connectivity index (χ2n) is 6.35. The van der Waals surface area contributed by atoms with Crippen molar-refractivity contribution in [1.29, 1.82) is 0 Å². The molecule has 118 valence electrons. The van der Waals surface area contributed by atoms with Crippen LogP contribution in [0.15, 0.2) is 24.3 Å². The molecule has 0 aliphatic rings. The van der Waals surface area contributed by atoms with E-state index in [2.05, 4.69) is 20.8 Å². The molecule has 0 radical (unpaired) electrons. The molecule has 1 aromatic rings. The lowest BCUT2D eigenvalue weighted by Crippen LogP contribution is -2.39. The number of amides is 1. The van der Waals surface area contributed by atoms with E-state index in [0.717, 1.165) is 16.1 Å². The van der Waals surface area contributed by atoms with Crippen LogP contribution in [0.1, 0.15) is 26.3 Å². The first-order valence-electron chi connectivity index (χ1n) is 6.71. The number of carbonyl (C=O) groups is 1. The number of hydrogen-bond donors (Lipinski definition) is 0. The third kappa shape index (κ3) is 4.74. The fraction of sp³-hybridized carbons (Fsp3) is 0.533. The van der Waals surface area contributed by atoms with Crippen LogP contribution in [0, 0.1) is 0 Å². The van der Waals surface area contributed by atoms with E-state index >= 15 is 0 Å². The van der Waals surface area contributed by atoms with Gasteiger partial charge in [0.05, 0.1) is 11.9 Å². The highest BCUT2D eigenvalue weighted by Crippen LogP contribution is 2.25. The molecule has 0 aromatic heterocycles. The van der Waals surface area contributed by atoms with Gasteiger partial charge in [-0.1, -0.05) is 32.9 Å². The molecule has 6 heteroatoms. The summed E-state index contributed by atoms with van der Waals surface area (Å²) in [5.41, 5.74) is 1.60. The third-order valence-corrected chi connectivity index (χ3v) is 4.34. The van der Waals surface area contributed by atoms with Crippen molar-refractivity contribution in [3.63, 3.8) is 0 Å². The third-order valence-electron chi connectivity index (χ3n) is 3.20. The predicted octanol–water partition coefficient (Wildman–Crippen LogP) is 1.84. The molecular weight excluding hydrogens is 288 g/mol. The number of anilines is 1. The van der Waals surface area contributed by atoms with Gasteiger partial charge >= 0.3 is 0 Å². The Hall–Kier alpha value is -1.56. The Morgan fingerprint density at radius 3 is 1.90 bits per heavy atom. The van der Waals surface area contributed by atoms with Crippen LogP contribution in [0.5, 0.6) is 0 Å². The van der Waals surface area contributed by atoms with Gasteiger partial charge in [-0.05, 0) is 23.1 Å². The maximum Gasteiger partial charge on any atom is 0.242 e. The first-order chi connectivity index (χ1) is 9.43. The number of rotatable bonds is 4. The topological polar surface area (TPSA) is 57.7 Å². The molecule has 1 rings (SSSR count). The molecule has 0 saturated carbocycles. The summed E-state index contributed by atoms with van der Waals surface area (Å²) in [5, 5.41) is 0. The van der Waals surface area contributed by atoms with Crippen LogP contribution in [0.3, 0.4) is 0 Å². The molecule has 1 aromatic carbocycles. The first-order valence-corrected chi connectivity index (χ1v) is 8.56. The highest BCUT2D eigenvalue weighted by atomic mass is 32.2. The van der Waals surface area contributed by atoms with Crippen molar-refractivity contribution < 1.29 is 13.2 Å². The summed E-state index contributed by atoms with van der Waals surface area (Å²) in [4.78, 5) is 13.2. The Bertz CT molecular complexity index is 599. The van der Waals surface area contributed by atoms with Crippen LogP contribution < -0.4 is 4.31 Å². The van der Waals surface area contributed by atoms with E-state index in [9.17, 15) is 13.2 Å². The Kier molecular flexibility index (Phi) is 5.04. The van der Waals surface area contributed by atoms with E-state index in [1.165, 1.54) is 4.90 Å². The van der Waals surface area contributed by atoms with Gasteiger partial charge in [0, 0.05) is 14.1 Å². The Morgan fingerprint density at radius 1 is 1.10 bits per heavy atom. The number of nitrogens with zero attached hydrogens (tertiary/aromatic N) is 2.